The van der Waals surface area contributed by atoms with Gasteiger partial charge in [-0.15, -0.1) is 0 Å². The number of nitrogens with one attached hydrogen (secondary N) is 1. The highest BCUT2D eigenvalue weighted by molar-refractivity contribution is 9.10. The van der Waals surface area contributed by atoms with E-state index in [0.29, 0.717) is 0 Å². The molecule has 1 N–H and O–H groups in total. The van der Waals surface area contributed by atoms with Crippen molar-refractivity contribution >= 4 is 26.0 Å². The summed E-state index contributed by atoms with van der Waals surface area (Å²) in [5.74, 6) is -0.300. The Balaban J connectivity index is 1.78. The van der Waals surface area contributed by atoms with Gasteiger partial charge in [0.1, 0.15) is 5.82 Å². The molecule has 0 aromatic heterocycles. The molecular weight excluding hydrogens is 433 g/mol. The molecular formula is C19H23BrFN3O2S. The summed E-state index contributed by atoms with van der Waals surface area (Å²) in [7, 11) is -1.55. The summed E-state index contributed by atoms with van der Waals surface area (Å²) in [6, 6.07) is 12.7. The third-order valence-corrected chi connectivity index (χ3v) is 6.79. The van der Waals surface area contributed by atoms with Crippen LogP contribution in [0.3, 0.4) is 0 Å². The quantitative estimate of drug-likeness (QED) is 0.727. The standard InChI is InChI=1S/C19H23BrFN3O2S/c1-23-10-12-24(13-11-23)19(15-2-6-17(21)7-3-15)14-22-27(25,26)18-8-4-16(20)5-9-18/h2-9,19,22H,10-14H2,1H3/t19-/m1/s1. The molecule has 0 aliphatic carbocycles. The predicted molar refractivity (Wildman–Crippen MR) is 108 cm³/mol. The van der Waals surface area contributed by atoms with Crippen LogP contribution in [0.4, 0.5) is 4.39 Å². The zero-order chi connectivity index (χ0) is 19.4. The minimum Gasteiger partial charge on any atom is -0.304 e. The number of hydrogen-bond donors (Lipinski definition) is 1. The van der Waals surface area contributed by atoms with Gasteiger partial charge in [0.15, 0.2) is 0 Å². The largest absolute Gasteiger partial charge is 0.304 e. The van der Waals surface area contributed by atoms with E-state index in [1.54, 1.807) is 36.4 Å². The lowest BCUT2D eigenvalue weighted by molar-refractivity contribution is 0.113. The number of sulfonamides is 1. The fourth-order valence-corrected chi connectivity index (χ4v) is 4.46. The molecule has 0 spiro atoms. The Kier molecular flexibility index (Phi) is 6.65. The third kappa shape index (κ3) is 5.36. The highest BCUT2D eigenvalue weighted by Crippen LogP contribution is 2.23. The first-order valence-electron chi connectivity index (χ1n) is 8.78. The number of benzene rings is 2. The van der Waals surface area contributed by atoms with Gasteiger partial charge in [0, 0.05) is 43.2 Å². The molecule has 1 atom stereocenters. The smallest absolute Gasteiger partial charge is 0.240 e. The second kappa shape index (κ2) is 8.79. The molecule has 0 amide bonds. The van der Waals surface area contributed by atoms with E-state index in [2.05, 4.69) is 37.5 Å². The van der Waals surface area contributed by atoms with E-state index < -0.39 is 10.0 Å². The average Bonchev–Trinajstić information content (AvgIpc) is 2.65. The van der Waals surface area contributed by atoms with Gasteiger partial charge in [0.25, 0.3) is 0 Å². The van der Waals surface area contributed by atoms with Gasteiger partial charge in [-0.3, -0.25) is 4.90 Å². The first-order valence-corrected chi connectivity index (χ1v) is 11.1. The molecule has 0 saturated carbocycles. The Labute approximate surface area is 168 Å². The van der Waals surface area contributed by atoms with Crippen LogP contribution in [0.5, 0.6) is 0 Å². The second-order valence-corrected chi connectivity index (χ2v) is 9.40. The minimum atomic E-state index is -3.62. The molecule has 1 saturated heterocycles. The maximum Gasteiger partial charge on any atom is 0.240 e. The monoisotopic (exact) mass is 455 g/mol. The molecule has 0 radical (unpaired) electrons. The minimum absolute atomic E-state index is 0.149. The lowest BCUT2D eigenvalue weighted by Crippen LogP contribution is -2.48. The zero-order valence-electron chi connectivity index (χ0n) is 15.1. The summed E-state index contributed by atoms with van der Waals surface area (Å²) in [4.78, 5) is 4.71. The SMILES string of the molecule is CN1CCN([C@H](CNS(=O)(=O)c2ccc(Br)cc2)c2ccc(F)cc2)CC1. The van der Waals surface area contributed by atoms with Gasteiger partial charge in [-0.25, -0.2) is 17.5 Å². The van der Waals surface area contributed by atoms with Crippen molar-refractivity contribution in [2.24, 2.45) is 0 Å². The van der Waals surface area contributed by atoms with Crippen LogP contribution in [0.2, 0.25) is 0 Å². The van der Waals surface area contributed by atoms with Gasteiger partial charge in [0.05, 0.1) is 4.90 Å². The number of nitrogens with zero attached hydrogens (tertiary/aromatic N) is 2. The van der Waals surface area contributed by atoms with Crippen molar-refractivity contribution in [2.45, 2.75) is 10.9 Å². The molecule has 2 aromatic rings. The van der Waals surface area contributed by atoms with Crippen LogP contribution < -0.4 is 4.72 Å². The number of hydrogen-bond acceptors (Lipinski definition) is 4. The topological polar surface area (TPSA) is 52.6 Å². The Morgan fingerprint density at radius 1 is 1.04 bits per heavy atom. The van der Waals surface area contributed by atoms with Crippen LogP contribution in [0.15, 0.2) is 57.9 Å². The van der Waals surface area contributed by atoms with Crippen molar-refractivity contribution < 1.29 is 12.8 Å². The first kappa shape index (κ1) is 20.4. The fraction of sp³-hybridized carbons (Fsp3) is 0.368. The molecule has 146 valence electrons. The summed E-state index contributed by atoms with van der Waals surface area (Å²) in [6.45, 7) is 3.72. The first-order chi connectivity index (χ1) is 12.8. The molecule has 3 rings (SSSR count). The van der Waals surface area contributed by atoms with Gasteiger partial charge in [-0.1, -0.05) is 28.1 Å². The number of piperazine rings is 1. The van der Waals surface area contributed by atoms with Gasteiger partial charge < -0.3 is 4.90 Å². The van der Waals surface area contributed by atoms with Crippen molar-refractivity contribution in [3.63, 3.8) is 0 Å². The van der Waals surface area contributed by atoms with Crippen LogP contribution in [-0.4, -0.2) is 58.0 Å². The maximum absolute atomic E-state index is 13.3. The average molecular weight is 456 g/mol. The van der Waals surface area contributed by atoms with Gasteiger partial charge in [-0.05, 0) is 49.0 Å². The normalized spacial score (nSPS) is 17.7. The Morgan fingerprint density at radius 3 is 2.22 bits per heavy atom. The van der Waals surface area contributed by atoms with Gasteiger partial charge in [0.2, 0.25) is 10.0 Å². The van der Waals surface area contributed by atoms with Gasteiger partial charge in [-0.2, -0.15) is 0 Å². The number of likely N-dealkylation sites (N-methyl/N-ethyl adjacent to an activating group) is 1. The van der Waals surface area contributed by atoms with Crippen LogP contribution in [0.1, 0.15) is 11.6 Å². The molecule has 2 aromatic carbocycles. The van der Waals surface area contributed by atoms with Crippen LogP contribution in [-0.2, 0) is 10.0 Å². The van der Waals surface area contributed by atoms with E-state index in [0.717, 1.165) is 36.2 Å². The van der Waals surface area contributed by atoms with Crippen LogP contribution in [0.25, 0.3) is 0 Å². The van der Waals surface area contributed by atoms with Gasteiger partial charge >= 0.3 is 0 Å². The third-order valence-electron chi connectivity index (χ3n) is 4.82. The van der Waals surface area contributed by atoms with Crippen LogP contribution in [0, 0.1) is 5.82 Å². The van der Waals surface area contributed by atoms with Crippen molar-refractivity contribution in [3.8, 4) is 0 Å². The Bertz CT molecular complexity index is 852. The lowest BCUT2D eigenvalue weighted by Gasteiger charge is -2.38. The molecule has 1 aliphatic rings. The molecule has 1 heterocycles. The van der Waals surface area contributed by atoms with Crippen molar-refractivity contribution in [1.82, 2.24) is 14.5 Å². The second-order valence-electron chi connectivity index (χ2n) is 6.71. The summed E-state index contributed by atoms with van der Waals surface area (Å²) >= 11 is 3.31. The summed E-state index contributed by atoms with van der Waals surface area (Å²) in [6.07, 6.45) is 0. The molecule has 0 unspecified atom stereocenters. The van der Waals surface area contributed by atoms with E-state index in [9.17, 15) is 12.8 Å². The molecule has 8 heteroatoms. The van der Waals surface area contributed by atoms with E-state index >= 15 is 0 Å². The molecule has 1 fully saturated rings. The highest BCUT2D eigenvalue weighted by Gasteiger charge is 2.26. The number of rotatable bonds is 6. The lowest BCUT2D eigenvalue weighted by atomic mass is 10.0. The van der Waals surface area contributed by atoms with Crippen molar-refractivity contribution in [1.29, 1.82) is 0 Å². The summed E-state index contributed by atoms with van der Waals surface area (Å²) < 4.78 is 42.2. The Hall–Kier alpha value is -1.32. The van der Waals surface area contributed by atoms with E-state index in [4.69, 9.17) is 0 Å². The summed E-state index contributed by atoms with van der Waals surface area (Å²) in [5, 5.41) is 0. The van der Waals surface area contributed by atoms with Crippen molar-refractivity contribution in [2.75, 3.05) is 39.8 Å². The van der Waals surface area contributed by atoms with E-state index in [1.807, 2.05) is 0 Å². The molecule has 0 bridgehead atoms. The van der Waals surface area contributed by atoms with E-state index in [1.165, 1.54) is 12.1 Å². The van der Waals surface area contributed by atoms with Crippen molar-refractivity contribution in [3.05, 3.63) is 64.4 Å². The summed E-state index contributed by atoms with van der Waals surface area (Å²) in [5.41, 5.74) is 0.902. The Morgan fingerprint density at radius 2 is 1.63 bits per heavy atom. The molecule has 1 aliphatic heterocycles. The predicted octanol–water partition coefficient (Wildman–Crippen LogP) is 2.86. The van der Waals surface area contributed by atoms with E-state index in [-0.39, 0.29) is 23.3 Å². The highest BCUT2D eigenvalue weighted by atomic mass is 79.9. The maximum atomic E-state index is 13.3. The number of halogens is 2. The fourth-order valence-electron chi connectivity index (χ4n) is 3.16. The van der Waals surface area contributed by atoms with Crippen LogP contribution >= 0.6 is 15.9 Å². The molecule has 27 heavy (non-hydrogen) atoms. The zero-order valence-corrected chi connectivity index (χ0v) is 17.5. The molecule has 5 nitrogen and oxygen atoms in total.